The molecule has 3 nitrogen and oxygen atoms in total. The molecule has 0 spiro atoms. The van der Waals surface area contributed by atoms with E-state index in [1.165, 1.54) is 17.7 Å². The number of phenols is 1. The average Bonchev–Trinajstić information content (AvgIpc) is 2.91. The number of benzene rings is 2. The van der Waals surface area contributed by atoms with E-state index in [-0.39, 0.29) is 20.6 Å². The molecule has 0 unspecified atom stereocenters. The van der Waals surface area contributed by atoms with Crippen LogP contribution < -0.4 is 0 Å². The smallest absolute Gasteiger partial charge is 0.206 e. The zero-order valence-electron chi connectivity index (χ0n) is 11.6. The first-order chi connectivity index (χ1) is 9.89. The van der Waals surface area contributed by atoms with E-state index >= 15 is 0 Å². The maximum atomic E-state index is 12.7. The van der Waals surface area contributed by atoms with E-state index in [0.717, 1.165) is 24.8 Å². The van der Waals surface area contributed by atoms with Crippen molar-refractivity contribution in [3.8, 4) is 5.75 Å². The minimum absolute atomic E-state index is 0.0507. The molecule has 0 aliphatic heterocycles. The molecule has 21 heavy (non-hydrogen) atoms. The Hall–Kier alpha value is -1.52. The highest BCUT2D eigenvalue weighted by atomic mass is 35.5. The summed E-state index contributed by atoms with van der Waals surface area (Å²) in [5.74, 6) is -0.0791. The van der Waals surface area contributed by atoms with Crippen LogP contribution in [0.5, 0.6) is 5.75 Å². The number of aromatic hydroxyl groups is 1. The predicted molar refractivity (Wildman–Crippen MR) is 81.8 cm³/mol. The summed E-state index contributed by atoms with van der Waals surface area (Å²) >= 11 is 5.89. The van der Waals surface area contributed by atoms with Crippen molar-refractivity contribution in [2.75, 3.05) is 0 Å². The summed E-state index contributed by atoms with van der Waals surface area (Å²) in [7, 11) is -3.62. The molecule has 0 aromatic heterocycles. The van der Waals surface area contributed by atoms with E-state index in [1.807, 2.05) is 6.07 Å². The first-order valence-electron chi connectivity index (χ1n) is 6.75. The van der Waals surface area contributed by atoms with Gasteiger partial charge >= 0.3 is 0 Å². The van der Waals surface area contributed by atoms with Gasteiger partial charge in [-0.15, -0.1) is 0 Å². The fourth-order valence-electron chi connectivity index (χ4n) is 2.71. The van der Waals surface area contributed by atoms with Gasteiger partial charge in [-0.3, -0.25) is 0 Å². The number of aryl methyl sites for hydroxylation is 3. The van der Waals surface area contributed by atoms with Crippen molar-refractivity contribution in [1.82, 2.24) is 0 Å². The molecule has 0 bridgehead atoms. The lowest BCUT2D eigenvalue weighted by Crippen LogP contribution is -2.03. The average molecular weight is 323 g/mol. The number of halogens is 1. The third-order valence-corrected chi connectivity index (χ3v) is 5.94. The lowest BCUT2D eigenvalue weighted by Gasteiger charge is -2.09. The second-order valence-corrected chi connectivity index (χ2v) is 7.71. The van der Waals surface area contributed by atoms with E-state index in [9.17, 15) is 13.5 Å². The van der Waals surface area contributed by atoms with E-state index in [1.54, 1.807) is 19.1 Å². The lowest BCUT2D eigenvalue weighted by molar-refractivity contribution is 0.470. The van der Waals surface area contributed by atoms with Crippen LogP contribution in [0.2, 0.25) is 5.02 Å². The monoisotopic (exact) mass is 322 g/mol. The summed E-state index contributed by atoms with van der Waals surface area (Å²) < 4.78 is 25.4. The molecular formula is C16H15ClO3S. The van der Waals surface area contributed by atoms with E-state index < -0.39 is 9.84 Å². The molecule has 0 saturated heterocycles. The summed E-state index contributed by atoms with van der Waals surface area (Å²) in [6, 6.07) is 8.05. The molecule has 0 heterocycles. The zero-order valence-corrected chi connectivity index (χ0v) is 13.1. The van der Waals surface area contributed by atoms with Crippen LogP contribution in [-0.4, -0.2) is 13.5 Å². The van der Waals surface area contributed by atoms with Crippen LogP contribution in [0.1, 0.15) is 23.1 Å². The van der Waals surface area contributed by atoms with Crippen molar-refractivity contribution < 1.29 is 13.5 Å². The molecule has 0 atom stereocenters. The molecule has 5 heteroatoms. The Morgan fingerprint density at radius 2 is 1.76 bits per heavy atom. The van der Waals surface area contributed by atoms with Gasteiger partial charge in [0.15, 0.2) is 0 Å². The second-order valence-electron chi connectivity index (χ2n) is 5.36. The van der Waals surface area contributed by atoms with Crippen LogP contribution in [0.3, 0.4) is 0 Å². The lowest BCUT2D eigenvalue weighted by atomic mass is 10.1. The van der Waals surface area contributed by atoms with Crippen molar-refractivity contribution >= 4 is 21.4 Å². The molecule has 2 aromatic rings. The van der Waals surface area contributed by atoms with Crippen LogP contribution in [0.15, 0.2) is 40.1 Å². The number of fused-ring (bicyclic) bond motifs is 1. The standard InChI is InChI=1S/C16H15ClO3S/c1-10-7-14(9-15(17)16(10)18)21(19,20)13-6-5-11-3-2-4-12(11)8-13/h5-9,18H,2-4H2,1H3. The minimum Gasteiger partial charge on any atom is -0.506 e. The molecule has 0 fully saturated rings. The molecule has 1 aliphatic carbocycles. The van der Waals surface area contributed by atoms with Crippen LogP contribution in [0.25, 0.3) is 0 Å². The number of sulfone groups is 1. The van der Waals surface area contributed by atoms with Gasteiger partial charge in [0.05, 0.1) is 14.8 Å². The van der Waals surface area contributed by atoms with Gasteiger partial charge < -0.3 is 5.11 Å². The van der Waals surface area contributed by atoms with Gasteiger partial charge in [-0.1, -0.05) is 17.7 Å². The van der Waals surface area contributed by atoms with Crippen molar-refractivity contribution in [3.63, 3.8) is 0 Å². The largest absolute Gasteiger partial charge is 0.506 e. The Labute approximate surface area is 129 Å². The third kappa shape index (κ3) is 2.43. The number of hydrogen-bond donors (Lipinski definition) is 1. The van der Waals surface area contributed by atoms with E-state index in [4.69, 9.17) is 11.6 Å². The van der Waals surface area contributed by atoms with E-state index in [0.29, 0.717) is 5.56 Å². The van der Waals surface area contributed by atoms with Gasteiger partial charge in [0.1, 0.15) is 5.75 Å². The van der Waals surface area contributed by atoms with Crippen LogP contribution in [0.4, 0.5) is 0 Å². The summed E-state index contributed by atoms with van der Waals surface area (Å²) in [5.41, 5.74) is 2.79. The van der Waals surface area contributed by atoms with Crippen LogP contribution in [-0.2, 0) is 22.7 Å². The Morgan fingerprint density at radius 1 is 1.05 bits per heavy atom. The van der Waals surface area contributed by atoms with E-state index in [2.05, 4.69) is 0 Å². The Bertz CT molecular complexity index is 802. The van der Waals surface area contributed by atoms with Crippen molar-refractivity contribution in [3.05, 3.63) is 52.0 Å². The maximum absolute atomic E-state index is 12.7. The maximum Gasteiger partial charge on any atom is 0.206 e. The highest BCUT2D eigenvalue weighted by molar-refractivity contribution is 7.91. The fourth-order valence-corrected chi connectivity index (χ4v) is 4.46. The van der Waals surface area contributed by atoms with Gasteiger partial charge in [0, 0.05) is 0 Å². The summed E-state index contributed by atoms with van der Waals surface area (Å²) in [4.78, 5) is 0.394. The summed E-state index contributed by atoms with van der Waals surface area (Å²) in [5, 5.41) is 9.72. The second kappa shape index (κ2) is 5.04. The SMILES string of the molecule is Cc1cc(S(=O)(=O)c2ccc3c(c2)CCC3)cc(Cl)c1O. The molecule has 0 amide bonds. The molecule has 1 N–H and O–H groups in total. The van der Waals surface area contributed by atoms with Crippen molar-refractivity contribution in [2.45, 2.75) is 36.0 Å². The topological polar surface area (TPSA) is 54.4 Å². The number of hydrogen-bond acceptors (Lipinski definition) is 3. The normalized spacial score (nSPS) is 14.2. The Kier molecular flexibility index (Phi) is 3.46. The molecule has 110 valence electrons. The quantitative estimate of drug-likeness (QED) is 0.917. The molecule has 3 rings (SSSR count). The molecular weight excluding hydrogens is 308 g/mol. The summed E-state index contributed by atoms with van der Waals surface area (Å²) in [6.45, 7) is 1.63. The van der Waals surface area contributed by atoms with Gasteiger partial charge in [-0.05, 0) is 67.1 Å². The van der Waals surface area contributed by atoms with Gasteiger partial charge in [-0.25, -0.2) is 8.42 Å². The molecule has 0 saturated carbocycles. The van der Waals surface area contributed by atoms with Crippen LogP contribution >= 0.6 is 11.6 Å². The minimum atomic E-state index is -3.62. The predicted octanol–water partition coefficient (Wildman–Crippen LogP) is 3.68. The van der Waals surface area contributed by atoms with Gasteiger partial charge in [0.2, 0.25) is 9.84 Å². The Morgan fingerprint density at radius 3 is 2.48 bits per heavy atom. The first-order valence-corrected chi connectivity index (χ1v) is 8.62. The van der Waals surface area contributed by atoms with Crippen molar-refractivity contribution in [1.29, 1.82) is 0 Å². The molecule has 2 aromatic carbocycles. The van der Waals surface area contributed by atoms with Crippen molar-refractivity contribution in [2.24, 2.45) is 0 Å². The van der Waals surface area contributed by atoms with Gasteiger partial charge in [0.25, 0.3) is 0 Å². The number of phenolic OH excluding ortho intramolecular Hbond substituents is 1. The van der Waals surface area contributed by atoms with Crippen LogP contribution in [0, 0.1) is 6.92 Å². The first kappa shape index (κ1) is 14.4. The highest BCUT2D eigenvalue weighted by Gasteiger charge is 2.22. The zero-order chi connectivity index (χ0) is 15.2. The third-order valence-electron chi connectivity index (χ3n) is 3.92. The fraction of sp³-hybridized carbons (Fsp3) is 0.250. The Balaban J connectivity index is 2.13. The highest BCUT2D eigenvalue weighted by Crippen LogP contribution is 2.33. The molecule has 0 radical (unpaired) electrons. The number of rotatable bonds is 2. The summed E-state index contributed by atoms with van der Waals surface area (Å²) in [6.07, 6.45) is 3.01. The van der Waals surface area contributed by atoms with Gasteiger partial charge in [-0.2, -0.15) is 0 Å². The molecule has 1 aliphatic rings.